The van der Waals surface area contributed by atoms with E-state index in [0.717, 1.165) is 102 Å². The Kier molecular flexibility index (Phi) is 19.4. The molecule has 1 aliphatic carbocycles. The summed E-state index contributed by atoms with van der Waals surface area (Å²) in [5, 5.41) is 70.7. The topological polar surface area (TPSA) is 341 Å². The van der Waals surface area contributed by atoms with Crippen LogP contribution >= 0.6 is 0 Å². The maximum atomic E-state index is 12.9. The predicted octanol–water partition coefficient (Wildman–Crippen LogP) is 9.42. The van der Waals surface area contributed by atoms with Crippen LogP contribution in [-0.4, -0.2) is 191 Å². The minimum atomic E-state index is -5.37. The number of aryl methyl sites for hydroxylation is 4. The van der Waals surface area contributed by atoms with Crippen LogP contribution in [0.4, 0.5) is 13.2 Å². The number of nitrogens with zero attached hydrogens (tertiary/aromatic N) is 29. The lowest BCUT2D eigenvalue weighted by Crippen LogP contribution is -2.65. The normalized spacial score (nSPS) is 14.9. The fourth-order valence-corrected chi connectivity index (χ4v) is 14.8. The number of fused-ring (bicyclic) bond motifs is 4. The van der Waals surface area contributed by atoms with Crippen LogP contribution in [0, 0.1) is 0 Å². The summed E-state index contributed by atoms with van der Waals surface area (Å²) in [4.78, 5) is 19.3. The molecule has 2 N–H and O–H groups in total. The van der Waals surface area contributed by atoms with E-state index in [1.165, 1.54) is 30.4 Å². The summed E-state index contributed by atoms with van der Waals surface area (Å²) in [6, 6.07) is 7.74. The third-order valence-corrected chi connectivity index (χ3v) is 21.5. The first-order valence-corrected chi connectivity index (χ1v) is 36.8. The summed E-state index contributed by atoms with van der Waals surface area (Å²) >= 11 is 0. The van der Waals surface area contributed by atoms with Crippen molar-refractivity contribution >= 4 is 32.1 Å². The van der Waals surface area contributed by atoms with Crippen molar-refractivity contribution in [2.75, 3.05) is 26.3 Å². The number of alkyl halides is 3. The van der Waals surface area contributed by atoms with Gasteiger partial charge in [-0.15, -0.1) is 0 Å². The standard InChI is InChI=1S/C19H19F3N8O2S.C19H21N7.C18H21N7O.C16H17N7O/c1-3-18(11-28(12-18)33(31,32)19(20,21)22)30-9-14(7-25-30)17-16-4-5-23-29(16)10-15(26-17)13-6-24-27(2)8-13;1-19(6-3-4-7-19)26-12-15(10-22-26)18-17-5-8-20-25(17)13-16(23-18)14-9-21-24(2)11-14;1-3-15(5-7-26)24-11-14(9-21-24)18-17-4-6-19-25(17)12-16(22-18)13-8-20-23(2)10-13;1-11(10-24)22-8-13(6-19-22)16-15-3-4-17-23(15)9-14(20-16)12-5-18-21(2)7-12/h4-10H,3,11-12H2,1-2H3;5,8-13H,3-4,6-7H2,1-2H3;4,6,8-12,15,26H,3,5,7H2,1-2H3;3-9,11,24H,10H2,1-2H3. The van der Waals surface area contributed by atoms with Gasteiger partial charge in [0.25, 0.3) is 0 Å². The van der Waals surface area contributed by atoms with Gasteiger partial charge in [-0.1, -0.05) is 26.7 Å². The number of sulfonamides is 1. The lowest BCUT2D eigenvalue weighted by atomic mass is 9.89. The second-order valence-corrected chi connectivity index (χ2v) is 29.5. The van der Waals surface area contributed by atoms with Crippen molar-refractivity contribution in [2.45, 2.75) is 101 Å². The Morgan fingerprint density at radius 2 is 0.807 bits per heavy atom. The smallest absolute Gasteiger partial charge is 0.396 e. The summed E-state index contributed by atoms with van der Waals surface area (Å²) in [6.45, 7) is 7.65. The Labute approximate surface area is 620 Å². The molecule has 1 aliphatic heterocycles. The van der Waals surface area contributed by atoms with Gasteiger partial charge in [0, 0.05) is 142 Å². The van der Waals surface area contributed by atoms with Gasteiger partial charge in [0.2, 0.25) is 0 Å². The maximum absolute atomic E-state index is 12.9. The second kappa shape index (κ2) is 29.2. The number of hydrogen-bond donors (Lipinski definition) is 2. The number of halogens is 3. The van der Waals surface area contributed by atoms with Crippen LogP contribution in [0.1, 0.15) is 84.7 Å². The Hall–Kier alpha value is -12.2. The van der Waals surface area contributed by atoms with Crippen LogP contribution in [0.3, 0.4) is 0 Å². The molecule has 2 unspecified atom stereocenters. The Morgan fingerprint density at radius 3 is 1.16 bits per heavy atom. The third-order valence-electron chi connectivity index (χ3n) is 20.0. The molecule has 1 saturated heterocycles. The van der Waals surface area contributed by atoms with Crippen molar-refractivity contribution in [1.82, 2.24) is 141 Å². The van der Waals surface area contributed by atoms with Crippen LogP contribution in [0.25, 0.3) is 112 Å². The fraction of sp³-hybridized carbons (Fsp3) is 0.333. The van der Waals surface area contributed by atoms with Gasteiger partial charge < -0.3 is 10.2 Å². The quantitative estimate of drug-likeness (QED) is 0.0807. The summed E-state index contributed by atoms with van der Waals surface area (Å²) in [6.07, 6.45) is 50.8. The number of aliphatic hydroxyl groups excluding tert-OH is 2. The van der Waals surface area contributed by atoms with E-state index in [0.29, 0.717) is 34.1 Å². The van der Waals surface area contributed by atoms with E-state index in [9.17, 15) is 31.8 Å². The van der Waals surface area contributed by atoms with Gasteiger partial charge in [-0.25, -0.2) is 46.4 Å². The molecule has 109 heavy (non-hydrogen) atoms. The van der Waals surface area contributed by atoms with Crippen molar-refractivity contribution in [2.24, 2.45) is 28.2 Å². The number of aromatic nitrogens is 28. The molecule has 1 saturated carbocycles. The molecule has 562 valence electrons. The maximum Gasteiger partial charge on any atom is 0.511 e. The molecule has 33 nitrogen and oxygen atoms in total. The number of hydrogen-bond acceptors (Lipinski definition) is 20. The minimum Gasteiger partial charge on any atom is -0.396 e. The largest absolute Gasteiger partial charge is 0.511 e. The van der Waals surface area contributed by atoms with Crippen molar-refractivity contribution in [3.05, 3.63) is 173 Å². The molecule has 18 rings (SSSR count). The Balaban J connectivity index is 0.000000116. The van der Waals surface area contributed by atoms with Crippen LogP contribution in [0.5, 0.6) is 0 Å². The van der Waals surface area contributed by atoms with Gasteiger partial charge in [-0.2, -0.15) is 78.7 Å². The predicted molar refractivity (Wildman–Crippen MR) is 395 cm³/mol. The number of rotatable bonds is 18. The molecule has 2 atom stereocenters. The summed E-state index contributed by atoms with van der Waals surface area (Å²) in [7, 11) is 2.09. The molecule has 0 radical (unpaired) electrons. The Morgan fingerprint density at radius 1 is 0.459 bits per heavy atom. The fourth-order valence-electron chi connectivity index (χ4n) is 13.7. The van der Waals surface area contributed by atoms with E-state index in [4.69, 9.17) is 19.9 Å². The summed E-state index contributed by atoms with van der Waals surface area (Å²) < 4.78 is 84.1. The lowest BCUT2D eigenvalue weighted by molar-refractivity contribution is -0.0570. The molecule has 16 aromatic rings. The highest BCUT2D eigenvalue weighted by molar-refractivity contribution is 7.90. The average molecular weight is 1500 g/mol. The highest BCUT2D eigenvalue weighted by Crippen LogP contribution is 2.41. The first-order valence-electron chi connectivity index (χ1n) is 35.3. The van der Waals surface area contributed by atoms with Gasteiger partial charge in [-0.3, -0.25) is 37.5 Å². The van der Waals surface area contributed by atoms with Crippen molar-refractivity contribution in [3.8, 4) is 90.1 Å². The zero-order valence-electron chi connectivity index (χ0n) is 60.8. The Bertz CT molecular complexity index is 6000. The summed E-state index contributed by atoms with van der Waals surface area (Å²) in [5.74, 6) is 0. The van der Waals surface area contributed by atoms with Gasteiger partial charge in [0.15, 0.2) is 0 Å². The van der Waals surface area contributed by atoms with Crippen LogP contribution in [-0.2, 0) is 49.3 Å². The number of aliphatic hydroxyl groups is 2. The molecule has 17 heterocycles. The van der Waals surface area contributed by atoms with Crippen LogP contribution < -0.4 is 0 Å². The van der Waals surface area contributed by atoms with E-state index >= 15 is 0 Å². The second-order valence-electron chi connectivity index (χ2n) is 27.5. The van der Waals surface area contributed by atoms with Crippen molar-refractivity contribution < 1.29 is 31.8 Å². The highest BCUT2D eigenvalue weighted by Gasteiger charge is 2.58. The van der Waals surface area contributed by atoms with E-state index in [1.54, 1.807) is 121 Å². The zero-order chi connectivity index (χ0) is 76.1. The van der Waals surface area contributed by atoms with E-state index in [-0.39, 0.29) is 43.9 Å². The van der Waals surface area contributed by atoms with E-state index < -0.39 is 21.1 Å². The van der Waals surface area contributed by atoms with Crippen LogP contribution in [0.15, 0.2) is 173 Å². The average Bonchev–Trinajstić information content (AvgIpc) is 1.65. The van der Waals surface area contributed by atoms with Gasteiger partial charge >= 0.3 is 15.5 Å². The SMILES string of the molecule is CC(CO)n1cc(-c2nc(-c3cnn(C)c3)cn3nccc23)cn1.CCC(CCO)n1cc(-c2nc(-c3cnn(C)c3)cn3nccc23)cn1.CCC1(n2cc(-c3nc(-c4cnn(C)c4)cn4nccc34)cn2)CN(S(=O)(=O)C(F)(F)F)C1.Cn1cc(-c2cn3nccc3c(-c3cnn(C4(C)CCCC4)c3)n2)cn1. The first kappa shape index (κ1) is 72.3. The monoisotopic (exact) mass is 1500 g/mol. The molecule has 2 fully saturated rings. The molecule has 2 aliphatic rings. The molecule has 37 heteroatoms. The van der Waals surface area contributed by atoms with Crippen LogP contribution in [0.2, 0.25) is 0 Å². The van der Waals surface area contributed by atoms with Gasteiger partial charge in [0.05, 0.1) is 197 Å². The summed E-state index contributed by atoms with van der Waals surface area (Å²) in [5.41, 5.74) is 10.7. The molecule has 0 amide bonds. The first-order chi connectivity index (χ1) is 52.5. The van der Waals surface area contributed by atoms with E-state index in [2.05, 4.69) is 85.9 Å². The minimum absolute atomic E-state index is 0.0341. The van der Waals surface area contributed by atoms with Gasteiger partial charge in [-0.05, 0) is 70.2 Å². The lowest BCUT2D eigenvalue weighted by Gasteiger charge is -2.48. The molecule has 0 bridgehead atoms. The molecular formula is C72H78F3N29O4S. The molecule has 0 spiro atoms. The highest BCUT2D eigenvalue weighted by atomic mass is 32.2. The van der Waals surface area contributed by atoms with Crippen molar-refractivity contribution in [1.29, 1.82) is 0 Å². The van der Waals surface area contributed by atoms with Crippen molar-refractivity contribution in [3.63, 3.8) is 0 Å². The third kappa shape index (κ3) is 14.2. The van der Waals surface area contributed by atoms with Gasteiger partial charge in [0.1, 0.15) is 0 Å². The molecular weight excluding hydrogens is 1420 g/mol. The molecule has 16 aromatic heterocycles. The van der Waals surface area contributed by atoms with E-state index in [1.807, 2.05) is 134 Å². The molecule has 0 aromatic carbocycles. The zero-order valence-corrected chi connectivity index (χ0v) is 61.6.